The monoisotopic (exact) mass is 241 g/mol. The van der Waals surface area contributed by atoms with Crippen molar-refractivity contribution >= 4 is 11.4 Å². The molecule has 0 saturated heterocycles. The molecule has 1 heteroatoms. The number of aliphatic imine (C=N–C) groups is 1. The van der Waals surface area contributed by atoms with Crippen molar-refractivity contribution in [2.45, 2.75) is 34.6 Å². The molecule has 0 fully saturated rings. The smallest absolute Gasteiger partial charge is 0.0662 e. The second kappa shape index (κ2) is 6.95. The lowest BCUT2D eigenvalue weighted by molar-refractivity contribution is 0.802. The fraction of sp³-hybridized carbons (Fsp3) is 0.353. The Morgan fingerprint density at radius 1 is 1.22 bits per heavy atom. The topological polar surface area (TPSA) is 12.4 Å². The van der Waals surface area contributed by atoms with Crippen LogP contribution in [0.1, 0.15) is 33.3 Å². The maximum absolute atomic E-state index is 4.75. The van der Waals surface area contributed by atoms with Gasteiger partial charge in [-0.1, -0.05) is 50.3 Å². The van der Waals surface area contributed by atoms with Crippen molar-refractivity contribution in [3.63, 3.8) is 0 Å². The van der Waals surface area contributed by atoms with Crippen molar-refractivity contribution in [3.8, 4) is 0 Å². The van der Waals surface area contributed by atoms with E-state index in [1.807, 2.05) is 25.1 Å². The van der Waals surface area contributed by atoms with Gasteiger partial charge in [0.15, 0.2) is 0 Å². The van der Waals surface area contributed by atoms with Gasteiger partial charge in [-0.25, -0.2) is 0 Å². The van der Waals surface area contributed by atoms with Gasteiger partial charge in [0.05, 0.1) is 5.69 Å². The molecule has 1 aromatic carbocycles. The Balaban J connectivity index is 3.11. The van der Waals surface area contributed by atoms with E-state index in [-0.39, 0.29) is 0 Å². The van der Waals surface area contributed by atoms with Gasteiger partial charge in [0.2, 0.25) is 0 Å². The molecular formula is C17H23N. The van der Waals surface area contributed by atoms with E-state index in [9.17, 15) is 0 Å². The van der Waals surface area contributed by atoms with Crippen LogP contribution in [0.25, 0.3) is 0 Å². The lowest BCUT2D eigenvalue weighted by Gasteiger charge is -2.11. The first-order valence-corrected chi connectivity index (χ1v) is 6.50. The number of benzene rings is 1. The fourth-order valence-electron chi connectivity index (χ4n) is 1.86. The SMILES string of the molecule is C\C=C/C=C(/C(C)=N/c1ccccc1C)C(C)C. The molecule has 0 N–H and O–H groups in total. The summed E-state index contributed by atoms with van der Waals surface area (Å²) in [7, 11) is 0. The highest BCUT2D eigenvalue weighted by atomic mass is 14.7. The molecule has 18 heavy (non-hydrogen) atoms. The zero-order chi connectivity index (χ0) is 13.5. The summed E-state index contributed by atoms with van der Waals surface area (Å²) in [6.45, 7) is 10.6. The number of aryl methyl sites for hydroxylation is 1. The average molecular weight is 241 g/mol. The van der Waals surface area contributed by atoms with Gasteiger partial charge in [0.1, 0.15) is 0 Å². The molecule has 1 nitrogen and oxygen atoms in total. The van der Waals surface area contributed by atoms with Crippen LogP contribution in [0.4, 0.5) is 5.69 Å². The summed E-state index contributed by atoms with van der Waals surface area (Å²) in [6.07, 6.45) is 6.28. The van der Waals surface area contributed by atoms with E-state index < -0.39 is 0 Å². The average Bonchev–Trinajstić information content (AvgIpc) is 2.32. The highest BCUT2D eigenvalue weighted by Gasteiger charge is 2.06. The van der Waals surface area contributed by atoms with Gasteiger partial charge >= 0.3 is 0 Å². The van der Waals surface area contributed by atoms with Crippen LogP contribution < -0.4 is 0 Å². The van der Waals surface area contributed by atoms with E-state index in [0.29, 0.717) is 5.92 Å². The van der Waals surface area contributed by atoms with Gasteiger partial charge in [-0.05, 0) is 43.9 Å². The molecule has 96 valence electrons. The maximum Gasteiger partial charge on any atom is 0.0662 e. The number of hydrogen-bond acceptors (Lipinski definition) is 1. The Hall–Kier alpha value is -1.63. The molecule has 1 rings (SSSR count). The van der Waals surface area contributed by atoms with Crippen molar-refractivity contribution in [1.82, 2.24) is 0 Å². The van der Waals surface area contributed by atoms with E-state index in [0.717, 1.165) is 11.4 Å². The molecule has 1 aromatic rings. The summed E-state index contributed by atoms with van der Waals surface area (Å²) in [4.78, 5) is 4.75. The molecule has 0 unspecified atom stereocenters. The van der Waals surface area contributed by atoms with E-state index in [4.69, 9.17) is 4.99 Å². The molecule has 0 spiro atoms. The van der Waals surface area contributed by atoms with Gasteiger partial charge in [0, 0.05) is 5.71 Å². The van der Waals surface area contributed by atoms with Crippen molar-refractivity contribution in [1.29, 1.82) is 0 Å². The Bertz CT molecular complexity index is 476. The third-order valence-electron chi connectivity index (χ3n) is 2.91. The maximum atomic E-state index is 4.75. The number of para-hydroxylation sites is 1. The minimum atomic E-state index is 0.481. The number of rotatable bonds is 4. The van der Waals surface area contributed by atoms with Gasteiger partial charge < -0.3 is 0 Å². The fourth-order valence-corrected chi connectivity index (χ4v) is 1.86. The summed E-state index contributed by atoms with van der Waals surface area (Å²) < 4.78 is 0. The van der Waals surface area contributed by atoms with Crippen LogP contribution in [0.3, 0.4) is 0 Å². The molecule has 0 aromatic heterocycles. The van der Waals surface area contributed by atoms with Crippen molar-refractivity contribution < 1.29 is 0 Å². The molecule has 0 aliphatic carbocycles. The normalized spacial score (nSPS) is 13.7. The summed E-state index contributed by atoms with van der Waals surface area (Å²) >= 11 is 0. The molecule has 0 aliphatic heterocycles. The van der Waals surface area contributed by atoms with Gasteiger partial charge in [0.25, 0.3) is 0 Å². The lowest BCUT2D eigenvalue weighted by Crippen LogP contribution is -2.04. The zero-order valence-electron chi connectivity index (χ0n) is 12.1. The van der Waals surface area contributed by atoms with E-state index in [1.54, 1.807) is 0 Å². The third kappa shape index (κ3) is 3.99. The first-order chi connectivity index (χ1) is 8.56. The lowest BCUT2D eigenvalue weighted by atomic mass is 9.98. The largest absolute Gasteiger partial charge is 0.253 e. The first-order valence-electron chi connectivity index (χ1n) is 6.50. The Morgan fingerprint density at radius 2 is 1.89 bits per heavy atom. The quantitative estimate of drug-likeness (QED) is 0.504. The van der Waals surface area contributed by atoms with Crippen molar-refractivity contribution in [3.05, 3.63) is 53.6 Å². The molecule has 0 atom stereocenters. The third-order valence-corrected chi connectivity index (χ3v) is 2.91. The molecule has 0 heterocycles. The van der Waals surface area contributed by atoms with Crippen LogP contribution in [0, 0.1) is 12.8 Å². The second-order valence-corrected chi connectivity index (χ2v) is 4.79. The zero-order valence-corrected chi connectivity index (χ0v) is 12.1. The van der Waals surface area contributed by atoms with E-state index in [1.165, 1.54) is 11.1 Å². The minimum Gasteiger partial charge on any atom is -0.253 e. The summed E-state index contributed by atoms with van der Waals surface area (Å²) in [5.41, 5.74) is 4.65. The molecule has 0 amide bonds. The van der Waals surface area contributed by atoms with Crippen LogP contribution in [-0.4, -0.2) is 5.71 Å². The Morgan fingerprint density at radius 3 is 2.44 bits per heavy atom. The molecule has 0 aliphatic rings. The van der Waals surface area contributed by atoms with Crippen LogP contribution in [-0.2, 0) is 0 Å². The summed E-state index contributed by atoms with van der Waals surface area (Å²) in [5, 5.41) is 0. The van der Waals surface area contributed by atoms with Crippen LogP contribution in [0.15, 0.2) is 53.1 Å². The molecule has 0 radical (unpaired) electrons. The van der Waals surface area contributed by atoms with Gasteiger partial charge in [-0.2, -0.15) is 0 Å². The molecular weight excluding hydrogens is 218 g/mol. The highest BCUT2D eigenvalue weighted by molar-refractivity contribution is 6.00. The number of allylic oxidation sites excluding steroid dienone is 4. The summed E-state index contributed by atoms with van der Waals surface area (Å²) in [5.74, 6) is 0.481. The standard InChI is InChI=1S/C17H23N/c1-6-7-11-16(13(2)3)15(5)18-17-12-9-8-10-14(17)4/h6-13H,1-5H3/b7-6-,16-11+,18-15+. The van der Waals surface area contributed by atoms with E-state index in [2.05, 4.69) is 52.0 Å². The van der Waals surface area contributed by atoms with Crippen LogP contribution >= 0.6 is 0 Å². The predicted octanol–water partition coefficient (Wildman–Crippen LogP) is 5.25. The van der Waals surface area contributed by atoms with E-state index >= 15 is 0 Å². The summed E-state index contributed by atoms with van der Waals surface area (Å²) in [6, 6.07) is 8.23. The van der Waals surface area contributed by atoms with Crippen LogP contribution in [0.5, 0.6) is 0 Å². The predicted molar refractivity (Wildman–Crippen MR) is 81.7 cm³/mol. The van der Waals surface area contributed by atoms with Crippen molar-refractivity contribution in [2.75, 3.05) is 0 Å². The molecule has 0 bridgehead atoms. The van der Waals surface area contributed by atoms with Gasteiger partial charge in [-0.15, -0.1) is 0 Å². The Kier molecular flexibility index (Phi) is 5.57. The van der Waals surface area contributed by atoms with Crippen molar-refractivity contribution in [2.24, 2.45) is 10.9 Å². The molecule has 0 saturated carbocycles. The highest BCUT2D eigenvalue weighted by Crippen LogP contribution is 2.21. The van der Waals surface area contributed by atoms with Gasteiger partial charge in [-0.3, -0.25) is 4.99 Å². The minimum absolute atomic E-state index is 0.481. The Labute approximate surface area is 111 Å². The number of hydrogen-bond donors (Lipinski definition) is 0. The van der Waals surface area contributed by atoms with Crippen LogP contribution in [0.2, 0.25) is 0 Å². The second-order valence-electron chi connectivity index (χ2n) is 4.79. The first kappa shape index (κ1) is 14.4. The number of nitrogens with zero attached hydrogens (tertiary/aromatic N) is 1.